The molecule has 1 aromatic heterocycles. The molecule has 11 heavy (non-hydrogen) atoms. The molecule has 0 amide bonds. The molecular weight excluding hydrogens is 134 g/mol. The Morgan fingerprint density at radius 2 is 2.18 bits per heavy atom. The van der Waals surface area contributed by atoms with Crippen LogP contribution < -0.4 is 0 Å². The summed E-state index contributed by atoms with van der Waals surface area (Å²) in [5.74, 6) is 0. The van der Waals surface area contributed by atoms with Gasteiger partial charge in [-0.2, -0.15) is 0 Å². The fourth-order valence-electron chi connectivity index (χ4n) is 1.38. The van der Waals surface area contributed by atoms with E-state index in [1.807, 2.05) is 6.07 Å². The van der Waals surface area contributed by atoms with E-state index < -0.39 is 0 Å². The largest absolute Gasteiger partial charge is 0.359 e. The highest BCUT2D eigenvalue weighted by Crippen LogP contribution is 2.17. The summed E-state index contributed by atoms with van der Waals surface area (Å²) in [4.78, 5) is 3.28. The fraction of sp³-hybridized carbons (Fsp3) is 0.200. The number of aromatic amines is 1. The van der Waals surface area contributed by atoms with Crippen LogP contribution in [0.1, 0.15) is 11.3 Å². The lowest BCUT2D eigenvalue weighted by atomic mass is 10.1. The van der Waals surface area contributed by atoms with E-state index in [1.54, 1.807) is 0 Å². The van der Waals surface area contributed by atoms with Crippen LogP contribution in [0.15, 0.2) is 18.2 Å². The SMILES string of the molecule is Cc1cc2c(C)[c]ccc2[nH]1. The van der Waals surface area contributed by atoms with Crippen molar-refractivity contribution in [2.75, 3.05) is 0 Å². The smallest absolute Gasteiger partial charge is 0.0459 e. The Kier molecular flexibility index (Phi) is 1.25. The van der Waals surface area contributed by atoms with Crippen LogP contribution in [0.25, 0.3) is 10.9 Å². The quantitative estimate of drug-likeness (QED) is 0.585. The maximum Gasteiger partial charge on any atom is 0.0459 e. The van der Waals surface area contributed by atoms with Gasteiger partial charge in [-0.3, -0.25) is 0 Å². The first kappa shape index (κ1) is 6.47. The average Bonchev–Trinajstić information content (AvgIpc) is 2.31. The number of hydrogen-bond donors (Lipinski definition) is 1. The summed E-state index contributed by atoms with van der Waals surface area (Å²) in [5, 5.41) is 1.28. The van der Waals surface area contributed by atoms with Crippen LogP contribution in [0.3, 0.4) is 0 Å². The lowest BCUT2D eigenvalue weighted by Gasteiger charge is -1.91. The van der Waals surface area contributed by atoms with Gasteiger partial charge in [0.1, 0.15) is 0 Å². The number of aromatic nitrogens is 1. The highest BCUT2D eigenvalue weighted by molar-refractivity contribution is 5.83. The topological polar surface area (TPSA) is 15.8 Å². The molecule has 0 bridgehead atoms. The standard InChI is InChI=1S/C10H10N/c1-7-4-3-5-10-9(7)6-8(2)11-10/h3,5-6,11H,1-2H3. The van der Waals surface area contributed by atoms with Crippen molar-refractivity contribution in [2.24, 2.45) is 0 Å². The van der Waals surface area contributed by atoms with E-state index in [4.69, 9.17) is 0 Å². The zero-order chi connectivity index (χ0) is 7.84. The van der Waals surface area contributed by atoms with Gasteiger partial charge in [-0.05, 0) is 37.6 Å². The van der Waals surface area contributed by atoms with Gasteiger partial charge in [-0.25, -0.2) is 0 Å². The zero-order valence-electron chi connectivity index (χ0n) is 6.73. The molecule has 0 saturated heterocycles. The first-order valence-corrected chi connectivity index (χ1v) is 3.74. The second-order valence-electron chi connectivity index (χ2n) is 2.88. The van der Waals surface area contributed by atoms with E-state index in [0.717, 1.165) is 0 Å². The van der Waals surface area contributed by atoms with E-state index in [9.17, 15) is 0 Å². The highest BCUT2D eigenvalue weighted by Gasteiger charge is 1.97. The molecule has 55 valence electrons. The molecule has 1 nitrogen and oxygen atoms in total. The molecule has 0 unspecified atom stereocenters. The van der Waals surface area contributed by atoms with E-state index in [1.165, 1.54) is 22.2 Å². The molecule has 1 N–H and O–H groups in total. The molecule has 2 aromatic rings. The van der Waals surface area contributed by atoms with E-state index in [0.29, 0.717) is 0 Å². The van der Waals surface area contributed by atoms with Crippen molar-refractivity contribution in [3.05, 3.63) is 35.5 Å². The van der Waals surface area contributed by atoms with Crippen molar-refractivity contribution < 1.29 is 0 Å². The third-order valence-electron chi connectivity index (χ3n) is 1.94. The lowest BCUT2D eigenvalue weighted by Crippen LogP contribution is -1.72. The summed E-state index contributed by atoms with van der Waals surface area (Å²) in [6.45, 7) is 4.15. The second-order valence-corrected chi connectivity index (χ2v) is 2.88. The average molecular weight is 144 g/mol. The fourth-order valence-corrected chi connectivity index (χ4v) is 1.38. The molecule has 1 aromatic carbocycles. The third kappa shape index (κ3) is 0.929. The van der Waals surface area contributed by atoms with Gasteiger partial charge < -0.3 is 4.98 Å². The van der Waals surface area contributed by atoms with Crippen LogP contribution >= 0.6 is 0 Å². The summed E-state index contributed by atoms with van der Waals surface area (Å²) >= 11 is 0. The van der Waals surface area contributed by atoms with Gasteiger partial charge in [-0.15, -0.1) is 0 Å². The molecule has 1 heterocycles. The predicted octanol–water partition coefficient (Wildman–Crippen LogP) is 2.58. The molecule has 0 atom stereocenters. The summed E-state index contributed by atoms with van der Waals surface area (Å²) in [6, 6.07) is 9.32. The first-order chi connectivity index (χ1) is 5.27. The Balaban J connectivity index is 2.90. The number of fused-ring (bicyclic) bond motifs is 1. The molecule has 0 fully saturated rings. The Hall–Kier alpha value is -1.24. The first-order valence-electron chi connectivity index (χ1n) is 3.74. The van der Waals surface area contributed by atoms with Gasteiger partial charge in [-0.1, -0.05) is 6.07 Å². The molecule has 0 aliphatic rings. The summed E-state index contributed by atoms with van der Waals surface area (Å²) in [5.41, 5.74) is 3.63. The van der Waals surface area contributed by atoms with Crippen LogP contribution in [0, 0.1) is 19.9 Å². The minimum atomic E-state index is 1.21. The number of H-pyrrole nitrogens is 1. The molecular formula is C10H10N. The van der Waals surface area contributed by atoms with Gasteiger partial charge in [0.15, 0.2) is 0 Å². The number of benzene rings is 1. The number of hydrogen-bond acceptors (Lipinski definition) is 0. The number of nitrogens with one attached hydrogen (secondary N) is 1. The van der Waals surface area contributed by atoms with Crippen LogP contribution in [0.4, 0.5) is 0 Å². The van der Waals surface area contributed by atoms with Crippen LogP contribution in [-0.4, -0.2) is 4.98 Å². The Morgan fingerprint density at radius 3 is 2.91 bits per heavy atom. The lowest BCUT2D eigenvalue weighted by molar-refractivity contribution is 1.30. The Bertz CT molecular complexity index is 385. The second kappa shape index (κ2) is 2.12. The van der Waals surface area contributed by atoms with Crippen molar-refractivity contribution in [3.63, 3.8) is 0 Å². The monoisotopic (exact) mass is 144 g/mol. The molecule has 0 aliphatic heterocycles. The zero-order valence-corrected chi connectivity index (χ0v) is 6.73. The molecule has 1 radical (unpaired) electrons. The van der Waals surface area contributed by atoms with Gasteiger partial charge in [0, 0.05) is 16.6 Å². The van der Waals surface area contributed by atoms with Crippen molar-refractivity contribution in [1.82, 2.24) is 4.98 Å². The van der Waals surface area contributed by atoms with Crippen LogP contribution in [0.2, 0.25) is 0 Å². The predicted molar refractivity (Wildman–Crippen MR) is 46.6 cm³/mol. The van der Waals surface area contributed by atoms with Gasteiger partial charge in [0.2, 0.25) is 0 Å². The summed E-state index contributed by atoms with van der Waals surface area (Å²) in [6.07, 6.45) is 0. The molecule has 0 spiro atoms. The summed E-state index contributed by atoms with van der Waals surface area (Å²) in [7, 11) is 0. The molecule has 0 saturated carbocycles. The maximum absolute atomic E-state index is 3.28. The highest BCUT2D eigenvalue weighted by atomic mass is 14.7. The minimum absolute atomic E-state index is 1.21. The van der Waals surface area contributed by atoms with Crippen molar-refractivity contribution in [3.8, 4) is 0 Å². The number of rotatable bonds is 0. The van der Waals surface area contributed by atoms with Gasteiger partial charge in [0.05, 0.1) is 0 Å². The van der Waals surface area contributed by atoms with Gasteiger partial charge >= 0.3 is 0 Å². The molecule has 0 aliphatic carbocycles. The Labute approximate surface area is 66.1 Å². The number of aryl methyl sites for hydroxylation is 2. The van der Waals surface area contributed by atoms with E-state index in [-0.39, 0.29) is 0 Å². The van der Waals surface area contributed by atoms with Crippen LogP contribution in [-0.2, 0) is 0 Å². The van der Waals surface area contributed by atoms with Crippen molar-refractivity contribution in [2.45, 2.75) is 13.8 Å². The van der Waals surface area contributed by atoms with Crippen LogP contribution in [0.5, 0.6) is 0 Å². The van der Waals surface area contributed by atoms with Gasteiger partial charge in [0.25, 0.3) is 0 Å². The Morgan fingerprint density at radius 1 is 1.36 bits per heavy atom. The van der Waals surface area contributed by atoms with E-state index in [2.05, 4.69) is 37.0 Å². The van der Waals surface area contributed by atoms with Crippen molar-refractivity contribution >= 4 is 10.9 Å². The third-order valence-corrected chi connectivity index (χ3v) is 1.94. The molecule has 2 rings (SSSR count). The maximum atomic E-state index is 3.28. The summed E-state index contributed by atoms with van der Waals surface area (Å²) < 4.78 is 0. The minimum Gasteiger partial charge on any atom is -0.359 e. The van der Waals surface area contributed by atoms with E-state index >= 15 is 0 Å². The molecule has 1 heteroatoms. The normalized spacial score (nSPS) is 10.7. The van der Waals surface area contributed by atoms with Crippen molar-refractivity contribution in [1.29, 1.82) is 0 Å².